The van der Waals surface area contributed by atoms with E-state index < -0.39 is 6.03 Å². The van der Waals surface area contributed by atoms with Gasteiger partial charge >= 0.3 is 11.8 Å². The number of pyridine rings is 1. The maximum absolute atomic E-state index is 11.9. The smallest absolute Gasteiger partial charge is 0.392 e. The summed E-state index contributed by atoms with van der Waals surface area (Å²) in [5.41, 5.74) is 3.33. The van der Waals surface area contributed by atoms with Gasteiger partial charge in [0.15, 0.2) is 0 Å². The van der Waals surface area contributed by atoms with Crippen LogP contribution in [0, 0.1) is 0 Å². The summed E-state index contributed by atoms with van der Waals surface area (Å²) in [5.74, 6) is 0.445. The van der Waals surface area contributed by atoms with Crippen molar-refractivity contribution in [2.24, 2.45) is 10.2 Å². The molecular formula is C15H11N4O2+. The van der Waals surface area contributed by atoms with Crippen LogP contribution in [0.2, 0.25) is 0 Å². The number of hydrogen-bond donors (Lipinski definition) is 2. The molecule has 0 fully saturated rings. The first-order chi connectivity index (χ1) is 10.3. The van der Waals surface area contributed by atoms with Crippen LogP contribution in [-0.4, -0.2) is 16.1 Å². The number of aromatic nitrogens is 2. The van der Waals surface area contributed by atoms with Gasteiger partial charge in [0, 0.05) is 28.9 Å². The van der Waals surface area contributed by atoms with E-state index in [-0.39, 0.29) is 6.61 Å². The van der Waals surface area contributed by atoms with Crippen molar-refractivity contribution in [1.29, 1.82) is 0 Å². The van der Waals surface area contributed by atoms with Crippen LogP contribution in [0.3, 0.4) is 0 Å². The van der Waals surface area contributed by atoms with Crippen LogP contribution in [0.5, 0.6) is 0 Å². The van der Waals surface area contributed by atoms with Crippen molar-refractivity contribution < 1.29 is 14.5 Å². The third kappa shape index (κ3) is 1.70. The molecule has 21 heavy (non-hydrogen) atoms. The average molecular weight is 279 g/mol. The molecule has 0 atom stereocenters. The summed E-state index contributed by atoms with van der Waals surface area (Å²) in [6, 6.07) is 10.9. The number of fused-ring (bicyclic) bond motifs is 3. The molecule has 1 amide bonds. The van der Waals surface area contributed by atoms with Crippen molar-refractivity contribution in [2.75, 3.05) is 0 Å². The number of H-pyrrole nitrogens is 1. The van der Waals surface area contributed by atoms with Crippen LogP contribution in [0.4, 0.5) is 10.6 Å². The number of azo groups is 1. The minimum absolute atomic E-state index is 0.115. The third-order valence-corrected chi connectivity index (χ3v) is 3.63. The summed E-state index contributed by atoms with van der Waals surface area (Å²) in [6.07, 6.45) is 1.84. The highest BCUT2D eigenvalue weighted by Gasteiger charge is 2.30. The monoisotopic (exact) mass is 279 g/mol. The molecule has 1 aliphatic rings. The molecule has 0 spiro atoms. The molecule has 6 heteroatoms. The Morgan fingerprint density at radius 3 is 2.86 bits per heavy atom. The Hall–Kier alpha value is -2.86. The van der Waals surface area contributed by atoms with E-state index >= 15 is 0 Å². The number of aromatic amines is 1. The van der Waals surface area contributed by atoms with Gasteiger partial charge in [0.05, 0.1) is 11.7 Å². The molecule has 4 rings (SSSR count). The summed E-state index contributed by atoms with van der Waals surface area (Å²) in [4.78, 5) is 15.0. The van der Waals surface area contributed by atoms with E-state index in [0.29, 0.717) is 11.3 Å². The summed E-state index contributed by atoms with van der Waals surface area (Å²) in [5, 5.41) is 17.8. The minimum atomic E-state index is -0.414. The predicted molar refractivity (Wildman–Crippen MR) is 75.2 cm³/mol. The summed E-state index contributed by atoms with van der Waals surface area (Å²) in [6.45, 7) is -0.115. The SMILES string of the molecule is O=C1N=Nc2cc(CO)c3ccc(-c4ccc[nH]4)cc3[n+]21. The van der Waals surface area contributed by atoms with Crippen LogP contribution in [0.1, 0.15) is 5.56 Å². The second-order valence-electron chi connectivity index (χ2n) is 4.82. The van der Waals surface area contributed by atoms with Gasteiger partial charge in [-0.25, -0.2) is 4.79 Å². The highest BCUT2D eigenvalue weighted by Crippen LogP contribution is 2.27. The van der Waals surface area contributed by atoms with Gasteiger partial charge < -0.3 is 10.1 Å². The minimum Gasteiger partial charge on any atom is -0.392 e. The quantitative estimate of drug-likeness (QED) is 0.707. The molecule has 0 radical (unpaired) electrons. The Labute approximate surface area is 119 Å². The molecule has 3 aromatic rings. The van der Waals surface area contributed by atoms with Gasteiger partial charge in [-0.1, -0.05) is 12.1 Å². The third-order valence-electron chi connectivity index (χ3n) is 3.63. The number of aliphatic hydroxyl groups excluding tert-OH is 1. The van der Waals surface area contributed by atoms with Crippen molar-refractivity contribution in [1.82, 2.24) is 4.98 Å². The van der Waals surface area contributed by atoms with Gasteiger partial charge in [-0.3, -0.25) is 0 Å². The number of benzene rings is 1. The second-order valence-corrected chi connectivity index (χ2v) is 4.82. The highest BCUT2D eigenvalue weighted by atomic mass is 16.3. The molecule has 0 saturated heterocycles. The highest BCUT2D eigenvalue weighted by molar-refractivity contribution is 5.88. The van der Waals surface area contributed by atoms with Gasteiger partial charge in [0.25, 0.3) is 0 Å². The number of carbonyl (C=O) groups is 1. The van der Waals surface area contributed by atoms with Gasteiger partial charge in [0.1, 0.15) is 10.6 Å². The number of aliphatic hydroxyl groups is 1. The number of hydrogen-bond acceptors (Lipinski definition) is 3. The van der Waals surface area contributed by atoms with E-state index in [2.05, 4.69) is 15.2 Å². The molecule has 0 saturated carbocycles. The van der Waals surface area contributed by atoms with Gasteiger partial charge in [-0.05, 0) is 23.8 Å². The number of nitrogens with one attached hydrogen (secondary N) is 1. The number of rotatable bonds is 2. The Morgan fingerprint density at radius 2 is 2.10 bits per heavy atom. The molecule has 6 nitrogen and oxygen atoms in total. The Kier molecular flexibility index (Phi) is 2.45. The Bertz CT molecular complexity index is 898. The first-order valence-corrected chi connectivity index (χ1v) is 6.50. The lowest BCUT2D eigenvalue weighted by Crippen LogP contribution is -2.38. The fraction of sp³-hybridized carbons (Fsp3) is 0.0667. The fourth-order valence-corrected chi connectivity index (χ4v) is 2.63. The van der Waals surface area contributed by atoms with E-state index in [1.165, 1.54) is 4.57 Å². The number of carbonyl (C=O) groups excluding carboxylic acids is 1. The van der Waals surface area contributed by atoms with Crippen molar-refractivity contribution in [3.05, 3.63) is 48.2 Å². The zero-order valence-electron chi connectivity index (χ0n) is 10.9. The molecule has 2 N–H and O–H groups in total. The van der Waals surface area contributed by atoms with Crippen molar-refractivity contribution in [2.45, 2.75) is 6.61 Å². The van der Waals surface area contributed by atoms with Crippen LogP contribution in [-0.2, 0) is 6.61 Å². The van der Waals surface area contributed by atoms with Crippen LogP contribution in [0.15, 0.2) is 52.8 Å². The molecule has 3 heterocycles. The standard InChI is InChI=1S/C15H10N4O2/c20-8-10-7-14-17-18-15(21)19(14)13-6-9(3-4-11(10)13)12-2-1-5-16-12/h1-7,20H,8H2/p+1. The van der Waals surface area contributed by atoms with E-state index in [0.717, 1.165) is 22.2 Å². The largest absolute Gasteiger partial charge is 0.518 e. The molecule has 1 aromatic carbocycles. The molecule has 102 valence electrons. The van der Waals surface area contributed by atoms with Gasteiger partial charge in [-0.2, -0.15) is 4.57 Å². The molecule has 0 bridgehead atoms. The molecule has 2 aromatic heterocycles. The van der Waals surface area contributed by atoms with Crippen LogP contribution >= 0.6 is 0 Å². The van der Waals surface area contributed by atoms with Crippen LogP contribution in [0.25, 0.3) is 22.2 Å². The normalized spacial score (nSPS) is 13.1. The predicted octanol–water partition coefficient (Wildman–Crippen LogP) is 2.68. The maximum Gasteiger partial charge on any atom is 0.518 e. The lowest BCUT2D eigenvalue weighted by Gasteiger charge is -2.07. The van der Waals surface area contributed by atoms with E-state index in [1.807, 2.05) is 36.5 Å². The van der Waals surface area contributed by atoms with E-state index in [4.69, 9.17) is 0 Å². The molecular weight excluding hydrogens is 268 g/mol. The molecule has 0 aliphatic carbocycles. The van der Waals surface area contributed by atoms with Gasteiger partial charge in [-0.15, -0.1) is 0 Å². The van der Waals surface area contributed by atoms with Crippen molar-refractivity contribution in [3.63, 3.8) is 0 Å². The fourth-order valence-electron chi connectivity index (χ4n) is 2.63. The Morgan fingerprint density at radius 1 is 1.19 bits per heavy atom. The topological polar surface area (TPSA) is 81.7 Å². The Balaban J connectivity index is 2.06. The van der Waals surface area contributed by atoms with Crippen molar-refractivity contribution >= 4 is 22.8 Å². The zero-order valence-corrected chi connectivity index (χ0v) is 10.9. The van der Waals surface area contributed by atoms with Crippen molar-refractivity contribution in [3.8, 4) is 11.3 Å². The number of nitrogens with zero attached hydrogens (tertiary/aromatic N) is 3. The first-order valence-electron chi connectivity index (χ1n) is 6.50. The summed E-state index contributed by atoms with van der Waals surface area (Å²) in [7, 11) is 0. The lowest BCUT2D eigenvalue weighted by atomic mass is 10.0. The second kappa shape index (κ2) is 4.32. The van der Waals surface area contributed by atoms with E-state index in [1.54, 1.807) is 6.07 Å². The molecule has 1 aliphatic heterocycles. The van der Waals surface area contributed by atoms with Crippen LogP contribution < -0.4 is 4.57 Å². The van der Waals surface area contributed by atoms with E-state index in [9.17, 15) is 9.90 Å². The zero-order chi connectivity index (χ0) is 14.4. The molecule has 0 unspecified atom stereocenters. The maximum atomic E-state index is 11.9. The number of amides is 1. The first kappa shape index (κ1) is 11.9. The average Bonchev–Trinajstić information content (AvgIpc) is 3.16. The summed E-state index contributed by atoms with van der Waals surface area (Å²) >= 11 is 0. The lowest BCUT2D eigenvalue weighted by molar-refractivity contribution is -0.521. The van der Waals surface area contributed by atoms with Gasteiger partial charge in [0.2, 0.25) is 0 Å². The summed E-state index contributed by atoms with van der Waals surface area (Å²) < 4.78 is 1.46.